The molecular formula is C11H15N3O4. The highest BCUT2D eigenvalue weighted by molar-refractivity contribution is 5.93. The average molecular weight is 253 g/mol. The predicted molar refractivity (Wildman–Crippen MR) is 65.6 cm³/mol. The quantitative estimate of drug-likeness (QED) is 0.572. The monoisotopic (exact) mass is 253 g/mol. The van der Waals surface area contributed by atoms with Gasteiger partial charge in [-0.2, -0.15) is 0 Å². The largest absolute Gasteiger partial charge is 0.482 e. The number of amides is 1. The maximum absolute atomic E-state index is 11.0. The summed E-state index contributed by atoms with van der Waals surface area (Å²) in [6.45, 7) is 2.33. The Morgan fingerprint density at radius 3 is 2.78 bits per heavy atom. The Hall–Kier alpha value is -2.15. The van der Waals surface area contributed by atoms with E-state index in [-0.39, 0.29) is 23.1 Å². The number of nitrogens with two attached hydrogens (primary N) is 1. The van der Waals surface area contributed by atoms with Crippen LogP contribution in [0.3, 0.4) is 0 Å². The van der Waals surface area contributed by atoms with Gasteiger partial charge >= 0.3 is 5.69 Å². The maximum atomic E-state index is 11.0. The molecule has 1 aromatic rings. The summed E-state index contributed by atoms with van der Waals surface area (Å²) in [5.41, 5.74) is 4.88. The van der Waals surface area contributed by atoms with Gasteiger partial charge in [0.05, 0.1) is 4.92 Å². The van der Waals surface area contributed by atoms with Crippen molar-refractivity contribution in [1.82, 2.24) is 5.32 Å². The third-order valence-electron chi connectivity index (χ3n) is 2.26. The minimum absolute atomic E-state index is 0.0790. The van der Waals surface area contributed by atoms with Crippen LogP contribution >= 0.6 is 0 Å². The second kappa shape index (κ2) is 5.97. The Kier molecular flexibility index (Phi) is 4.61. The number of nitrogens with one attached hydrogen (secondary N) is 1. The highest BCUT2D eigenvalue weighted by Gasteiger charge is 2.19. The summed E-state index contributed by atoms with van der Waals surface area (Å²) in [6.07, 6.45) is -0.229. The Morgan fingerprint density at radius 2 is 2.28 bits per heavy atom. The van der Waals surface area contributed by atoms with Gasteiger partial charge in [0.2, 0.25) is 5.91 Å². The van der Waals surface area contributed by atoms with E-state index < -0.39 is 10.8 Å². The second-order valence-electron chi connectivity index (χ2n) is 3.79. The van der Waals surface area contributed by atoms with Crippen LogP contribution in [0.4, 0.5) is 5.69 Å². The number of ether oxygens (including phenoxy) is 1. The number of nitro groups is 1. The number of primary amides is 1. The molecule has 0 aliphatic rings. The molecule has 0 spiro atoms. The van der Waals surface area contributed by atoms with Crippen molar-refractivity contribution in [2.45, 2.75) is 13.0 Å². The minimum atomic E-state index is -0.715. The lowest BCUT2D eigenvalue weighted by Gasteiger charge is -2.14. The third kappa shape index (κ3) is 3.42. The summed E-state index contributed by atoms with van der Waals surface area (Å²) in [4.78, 5) is 21.3. The molecule has 0 fully saturated rings. The summed E-state index contributed by atoms with van der Waals surface area (Å²) >= 11 is 0. The van der Waals surface area contributed by atoms with Crippen LogP contribution in [0.1, 0.15) is 17.3 Å². The van der Waals surface area contributed by atoms with E-state index in [0.29, 0.717) is 6.54 Å². The van der Waals surface area contributed by atoms with E-state index in [4.69, 9.17) is 10.5 Å². The van der Waals surface area contributed by atoms with Crippen molar-refractivity contribution in [3.63, 3.8) is 0 Å². The molecule has 0 aliphatic heterocycles. The lowest BCUT2D eigenvalue weighted by Crippen LogP contribution is -2.26. The summed E-state index contributed by atoms with van der Waals surface area (Å²) in [5, 5.41) is 13.8. The minimum Gasteiger partial charge on any atom is -0.482 e. The number of benzene rings is 1. The molecule has 1 aromatic carbocycles. The number of carbonyl (C=O) groups excluding carboxylic acids is 1. The smallest absolute Gasteiger partial charge is 0.311 e. The van der Waals surface area contributed by atoms with Gasteiger partial charge in [-0.3, -0.25) is 14.9 Å². The predicted octanol–water partition coefficient (Wildman–Crippen LogP) is 0.680. The molecule has 7 heteroatoms. The van der Waals surface area contributed by atoms with E-state index in [1.807, 2.05) is 0 Å². The molecule has 0 radical (unpaired) electrons. The zero-order valence-corrected chi connectivity index (χ0v) is 10.2. The van der Waals surface area contributed by atoms with Gasteiger partial charge in [-0.15, -0.1) is 0 Å². The molecular weight excluding hydrogens is 238 g/mol. The first-order valence-electron chi connectivity index (χ1n) is 5.35. The van der Waals surface area contributed by atoms with Crippen LogP contribution in [-0.4, -0.2) is 30.5 Å². The molecule has 1 amide bonds. The first-order chi connectivity index (χ1) is 8.45. The first-order valence-corrected chi connectivity index (χ1v) is 5.35. The molecule has 98 valence electrons. The fraction of sp³-hybridized carbons (Fsp3) is 0.364. The molecule has 0 saturated carbocycles. The first kappa shape index (κ1) is 13.9. The number of nitro benzene ring substituents is 1. The molecule has 1 unspecified atom stereocenters. The summed E-state index contributed by atoms with van der Waals surface area (Å²) < 4.78 is 5.43. The van der Waals surface area contributed by atoms with Gasteiger partial charge in [0.1, 0.15) is 6.10 Å². The fourth-order valence-corrected chi connectivity index (χ4v) is 1.46. The summed E-state index contributed by atoms with van der Waals surface area (Å²) in [7, 11) is 1.75. The molecule has 0 aliphatic carbocycles. The number of carbonyl (C=O) groups is 1. The number of likely N-dealkylation sites (N-methyl/N-ethyl adjacent to an activating group) is 1. The van der Waals surface area contributed by atoms with E-state index in [1.54, 1.807) is 14.0 Å². The molecule has 0 heterocycles. The topological polar surface area (TPSA) is 107 Å². The van der Waals surface area contributed by atoms with Gasteiger partial charge in [-0.25, -0.2) is 0 Å². The summed E-state index contributed by atoms with van der Waals surface area (Å²) in [5.74, 6) is -0.597. The lowest BCUT2D eigenvalue weighted by atomic mass is 10.2. The standard InChI is InChI=1S/C11H15N3O4/c1-7(6-13-2)18-10-4-3-8(11(12)15)5-9(10)14(16)17/h3-5,7,13H,6H2,1-2H3,(H2,12,15). The Bertz CT molecular complexity index is 462. The van der Waals surface area contributed by atoms with E-state index in [1.165, 1.54) is 12.1 Å². The van der Waals surface area contributed by atoms with E-state index in [2.05, 4.69) is 5.32 Å². The molecule has 7 nitrogen and oxygen atoms in total. The van der Waals surface area contributed by atoms with Crippen molar-refractivity contribution < 1.29 is 14.5 Å². The zero-order chi connectivity index (χ0) is 13.7. The highest BCUT2D eigenvalue weighted by atomic mass is 16.6. The van der Waals surface area contributed by atoms with Gasteiger partial charge in [0, 0.05) is 18.2 Å². The van der Waals surface area contributed by atoms with Crippen molar-refractivity contribution in [2.24, 2.45) is 5.73 Å². The second-order valence-corrected chi connectivity index (χ2v) is 3.79. The summed E-state index contributed by atoms with van der Waals surface area (Å²) in [6, 6.07) is 3.89. The SMILES string of the molecule is CNCC(C)Oc1ccc(C(N)=O)cc1[N+](=O)[O-]. The van der Waals surface area contributed by atoms with E-state index >= 15 is 0 Å². The van der Waals surface area contributed by atoms with Crippen molar-refractivity contribution in [1.29, 1.82) is 0 Å². The van der Waals surface area contributed by atoms with Crippen LogP contribution in [0.25, 0.3) is 0 Å². The van der Waals surface area contributed by atoms with E-state index in [0.717, 1.165) is 6.07 Å². The van der Waals surface area contributed by atoms with Crippen LogP contribution in [-0.2, 0) is 0 Å². The van der Waals surface area contributed by atoms with Gasteiger partial charge in [-0.05, 0) is 26.1 Å². The van der Waals surface area contributed by atoms with Crippen molar-refractivity contribution >= 4 is 11.6 Å². The van der Waals surface area contributed by atoms with Gasteiger partial charge < -0.3 is 15.8 Å². The van der Waals surface area contributed by atoms with Crippen molar-refractivity contribution in [3.05, 3.63) is 33.9 Å². The maximum Gasteiger partial charge on any atom is 0.311 e. The number of rotatable bonds is 6. The fourth-order valence-electron chi connectivity index (χ4n) is 1.46. The number of hydrogen-bond donors (Lipinski definition) is 2. The number of hydrogen-bond acceptors (Lipinski definition) is 5. The van der Waals surface area contributed by atoms with Crippen molar-refractivity contribution in [2.75, 3.05) is 13.6 Å². The average Bonchev–Trinajstić information content (AvgIpc) is 2.29. The van der Waals surface area contributed by atoms with Crippen LogP contribution in [0.2, 0.25) is 0 Å². The Labute approximate surface area is 104 Å². The van der Waals surface area contributed by atoms with Crippen LogP contribution in [0.5, 0.6) is 5.75 Å². The Morgan fingerprint density at radius 1 is 1.61 bits per heavy atom. The van der Waals surface area contributed by atoms with Gasteiger partial charge in [0.15, 0.2) is 5.75 Å². The normalized spacial score (nSPS) is 11.9. The molecule has 3 N–H and O–H groups in total. The van der Waals surface area contributed by atoms with Crippen LogP contribution in [0, 0.1) is 10.1 Å². The number of nitrogens with zero attached hydrogens (tertiary/aromatic N) is 1. The molecule has 0 saturated heterocycles. The third-order valence-corrected chi connectivity index (χ3v) is 2.26. The van der Waals surface area contributed by atoms with Gasteiger partial charge in [0.25, 0.3) is 0 Å². The zero-order valence-electron chi connectivity index (χ0n) is 10.2. The van der Waals surface area contributed by atoms with E-state index in [9.17, 15) is 14.9 Å². The molecule has 1 rings (SSSR count). The van der Waals surface area contributed by atoms with Crippen molar-refractivity contribution in [3.8, 4) is 5.75 Å². The molecule has 18 heavy (non-hydrogen) atoms. The highest BCUT2D eigenvalue weighted by Crippen LogP contribution is 2.28. The molecule has 1 atom stereocenters. The van der Waals surface area contributed by atoms with Gasteiger partial charge in [-0.1, -0.05) is 0 Å². The van der Waals surface area contributed by atoms with Crippen LogP contribution in [0.15, 0.2) is 18.2 Å². The lowest BCUT2D eigenvalue weighted by molar-refractivity contribution is -0.386. The molecule has 0 aromatic heterocycles. The Balaban J connectivity index is 3.04. The van der Waals surface area contributed by atoms with Crippen LogP contribution < -0.4 is 15.8 Å². The molecule has 0 bridgehead atoms.